The predicted molar refractivity (Wildman–Crippen MR) is 103 cm³/mol. The average molecular weight is 338 g/mol. The van der Waals surface area contributed by atoms with Gasteiger partial charge in [0.2, 0.25) is 0 Å². The Morgan fingerprint density at radius 1 is 1.04 bits per heavy atom. The first-order valence-electron chi connectivity index (χ1n) is 9.44. The molecule has 3 nitrogen and oxygen atoms in total. The lowest BCUT2D eigenvalue weighted by atomic mass is 9.96. The molecule has 0 amide bonds. The first-order valence-corrected chi connectivity index (χ1v) is 9.44. The second-order valence-electron chi connectivity index (χ2n) is 7.21. The molecule has 2 N–H and O–H groups in total. The van der Waals surface area contributed by atoms with Gasteiger partial charge in [0.25, 0.3) is 0 Å². The summed E-state index contributed by atoms with van der Waals surface area (Å²) in [7, 11) is 0. The third-order valence-corrected chi connectivity index (χ3v) is 5.26. The Morgan fingerprint density at radius 2 is 1.72 bits per heavy atom. The summed E-state index contributed by atoms with van der Waals surface area (Å²) in [5.41, 5.74) is 2.71. The highest BCUT2D eigenvalue weighted by Gasteiger charge is 2.32. The summed E-state index contributed by atoms with van der Waals surface area (Å²) < 4.78 is 0. The summed E-state index contributed by atoms with van der Waals surface area (Å²) in [6, 6.07) is 22.2. The minimum atomic E-state index is 0.288. The number of rotatable bonds is 8. The van der Waals surface area contributed by atoms with Crippen LogP contribution in [0.4, 0.5) is 0 Å². The molecule has 3 rings (SSSR count). The van der Waals surface area contributed by atoms with Gasteiger partial charge < -0.3 is 10.4 Å². The number of nitrogens with one attached hydrogen (secondary N) is 1. The van der Waals surface area contributed by atoms with E-state index in [1.165, 1.54) is 11.1 Å². The summed E-state index contributed by atoms with van der Waals surface area (Å²) in [6.45, 7) is 5.72. The first-order chi connectivity index (χ1) is 12.3. The number of hydrogen-bond acceptors (Lipinski definition) is 3. The van der Waals surface area contributed by atoms with Gasteiger partial charge in [0, 0.05) is 38.3 Å². The van der Waals surface area contributed by atoms with E-state index in [1.54, 1.807) is 0 Å². The number of nitrogens with zero attached hydrogens (tertiary/aromatic N) is 1. The zero-order valence-electron chi connectivity index (χ0n) is 15.1. The lowest BCUT2D eigenvalue weighted by molar-refractivity contribution is 0.260. The molecule has 134 valence electrons. The van der Waals surface area contributed by atoms with Crippen LogP contribution in [-0.2, 0) is 6.54 Å². The fraction of sp³-hybridized carbons (Fsp3) is 0.455. The topological polar surface area (TPSA) is 35.5 Å². The minimum Gasteiger partial charge on any atom is -0.396 e. The second kappa shape index (κ2) is 9.14. The smallest absolute Gasteiger partial charge is 0.0431 e. The molecule has 0 unspecified atom stereocenters. The lowest BCUT2D eigenvalue weighted by Gasteiger charge is -2.24. The number of aliphatic hydroxyl groups excluding tert-OH is 1. The van der Waals surface area contributed by atoms with Crippen LogP contribution < -0.4 is 5.32 Å². The van der Waals surface area contributed by atoms with E-state index in [-0.39, 0.29) is 6.61 Å². The molecule has 2 aromatic rings. The van der Waals surface area contributed by atoms with Crippen molar-refractivity contribution in [2.75, 3.05) is 19.7 Å². The van der Waals surface area contributed by atoms with Crippen LogP contribution in [0, 0.1) is 5.92 Å². The molecule has 0 saturated carbocycles. The second-order valence-corrected chi connectivity index (χ2v) is 7.21. The zero-order valence-corrected chi connectivity index (χ0v) is 15.1. The Labute approximate surface area is 151 Å². The molecule has 1 saturated heterocycles. The molecule has 3 heteroatoms. The van der Waals surface area contributed by atoms with Gasteiger partial charge in [-0.3, -0.25) is 4.90 Å². The highest BCUT2D eigenvalue weighted by atomic mass is 16.2. The van der Waals surface area contributed by atoms with Gasteiger partial charge in [-0.2, -0.15) is 0 Å². The Bertz CT molecular complexity index is 616. The summed E-state index contributed by atoms with van der Waals surface area (Å²) in [5.74, 6) is 0.599. The normalized spacial score (nSPS) is 22.2. The summed E-state index contributed by atoms with van der Waals surface area (Å²) in [6.07, 6.45) is 1.97. The number of benzene rings is 2. The maximum atomic E-state index is 9.24. The van der Waals surface area contributed by atoms with Crippen LogP contribution in [-0.4, -0.2) is 35.7 Å². The average Bonchev–Trinajstić information content (AvgIpc) is 3.02. The van der Waals surface area contributed by atoms with Crippen molar-refractivity contribution in [3.8, 4) is 0 Å². The largest absolute Gasteiger partial charge is 0.396 e. The molecular weight excluding hydrogens is 308 g/mol. The first kappa shape index (κ1) is 18.1. The van der Waals surface area contributed by atoms with Crippen molar-refractivity contribution < 1.29 is 5.11 Å². The molecule has 25 heavy (non-hydrogen) atoms. The van der Waals surface area contributed by atoms with Gasteiger partial charge in [-0.25, -0.2) is 0 Å². The fourth-order valence-corrected chi connectivity index (χ4v) is 3.93. The Balaban J connectivity index is 1.63. The van der Waals surface area contributed by atoms with E-state index in [0.717, 1.165) is 32.5 Å². The van der Waals surface area contributed by atoms with Crippen molar-refractivity contribution in [3.63, 3.8) is 0 Å². The SMILES string of the molecule is C[C@@H](N[C@@H]1CN(Cc2ccccc2)C[C@@H]1CCCO)c1ccccc1. The summed E-state index contributed by atoms with van der Waals surface area (Å²) in [5, 5.41) is 13.1. The quantitative estimate of drug-likeness (QED) is 0.772. The van der Waals surface area contributed by atoms with Crippen molar-refractivity contribution in [1.29, 1.82) is 0 Å². The molecule has 0 aliphatic carbocycles. The molecule has 1 aliphatic rings. The van der Waals surface area contributed by atoms with E-state index in [0.29, 0.717) is 18.0 Å². The summed E-state index contributed by atoms with van der Waals surface area (Å²) in [4.78, 5) is 2.55. The van der Waals surface area contributed by atoms with E-state index in [2.05, 4.69) is 77.8 Å². The van der Waals surface area contributed by atoms with Crippen LogP contribution in [0.15, 0.2) is 60.7 Å². The van der Waals surface area contributed by atoms with Crippen molar-refractivity contribution in [2.45, 2.75) is 38.4 Å². The van der Waals surface area contributed by atoms with Crippen molar-refractivity contribution in [3.05, 3.63) is 71.8 Å². The van der Waals surface area contributed by atoms with Crippen LogP contribution in [0.3, 0.4) is 0 Å². The van der Waals surface area contributed by atoms with Gasteiger partial charge in [-0.05, 0) is 36.8 Å². The Kier molecular flexibility index (Phi) is 6.62. The Morgan fingerprint density at radius 3 is 2.40 bits per heavy atom. The van der Waals surface area contributed by atoms with E-state index in [9.17, 15) is 5.11 Å². The molecule has 2 aromatic carbocycles. The van der Waals surface area contributed by atoms with Crippen LogP contribution in [0.2, 0.25) is 0 Å². The standard InChI is InChI=1S/C22H30N2O/c1-18(20-11-6-3-7-12-20)23-22-17-24(16-21(22)13-8-14-25)15-19-9-4-2-5-10-19/h2-7,9-12,18,21-23,25H,8,13-17H2,1H3/t18-,21+,22-/m1/s1. The van der Waals surface area contributed by atoms with E-state index in [1.807, 2.05) is 0 Å². The Hall–Kier alpha value is -1.68. The minimum absolute atomic E-state index is 0.288. The third kappa shape index (κ3) is 5.15. The van der Waals surface area contributed by atoms with Crippen LogP contribution in [0.1, 0.15) is 36.9 Å². The van der Waals surface area contributed by atoms with Crippen LogP contribution in [0.25, 0.3) is 0 Å². The van der Waals surface area contributed by atoms with Gasteiger partial charge in [0.05, 0.1) is 0 Å². The molecule has 1 aliphatic heterocycles. The monoisotopic (exact) mass is 338 g/mol. The molecule has 1 fully saturated rings. The van der Waals surface area contributed by atoms with Gasteiger partial charge >= 0.3 is 0 Å². The van der Waals surface area contributed by atoms with Gasteiger partial charge in [0.1, 0.15) is 0 Å². The third-order valence-electron chi connectivity index (χ3n) is 5.26. The molecule has 0 bridgehead atoms. The maximum Gasteiger partial charge on any atom is 0.0431 e. The maximum absolute atomic E-state index is 9.24. The van der Waals surface area contributed by atoms with E-state index >= 15 is 0 Å². The molecular formula is C22H30N2O. The van der Waals surface area contributed by atoms with Gasteiger partial charge in [0.15, 0.2) is 0 Å². The van der Waals surface area contributed by atoms with Crippen molar-refractivity contribution in [1.82, 2.24) is 10.2 Å². The van der Waals surface area contributed by atoms with Gasteiger partial charge in [-0.15, -0.1) is 0 Å². The van der Waals surface area contributed by atoms with Crippen LogP contribution >= 0.6 is 0 Å². The molecule has 1 heterocycles. The highest BCUT2D eigenvalue weighted by Crippen LogP contribution is 2.26. The van der Waals surface area contributed by atoms with Crippen molar-refractivity contribution >= 4 is 0 Å². The molecule has 0 spiro atoms. The number of likely N-dealkylation sites (tertiary alicyclic amines) is 1. The van der Waals surface area contributed by atoms with E-state index in [4.69, 9.17) is 0 Å². The lowest BCUT2D eigenvalue weighted by Crippen LogP contribution is -2.38. The van der Waals surface area contributed by atoms with Crippen LogP contribution in [0.5, 0.6) is 0 Å². The predicted octanol–water partition coefficient (Wildman–Crippen LogP) is 3.61. The fourth-order valence-electron chi connectivity index (χ4n) is 3.93. The van der Waals surface area contributed by atoms with E-state index < -0.39 is 0 Å². The highest BCUT2D eigenvalue weighted by molar-refractivity contribution is 5.19. The number of aliphatic hydroxyl groups is 1. The van der Waals surface area contributed by atoms with Crippen molar-refractivity contribution in [2.24, 2.45) is 5.92 Å². The number of hydrogen-bond donors (Lipinski definition) is 2. The molecule has 0 radical (unpaired) electrons. The molecule has 3 atom stereocenters. The zero-order chi connectivity index (χ0) is 17.5. The van der Waals surface area contributed by atoms with Gasteiger partial charge in [-0.1, -0.05) is 60.7 Å². The summed E-state index contributed by atoms with van der Waals surface area (Å²) >= 11 is 0. The molecule has 0 aromatic heterocycles.